The summed E-state index contributed by atoms with van der Waals surface area (Å²) in [6, 6.07) is 4.72. The third kappa shape index (κ3) is 3.52. The summed E-state index contributed by atoms with van der Waals surface area (Å²) in [6.45, 7) is 6.22. The third-order valence-electron chi connectivity index (χ3n) is 3.25. The zero-order valence-electron chi connectivity index (χ0n) is 11.3. The average Bonchev–Trinajstić information content (AvgIpc) is 2.30. The molecule has 1 saturated heterocycles. The number of rotatable bonds is 3. The molecule has 0 amide bonds. The molecule has 3 N–H and O–H groups in total. The Morgan fingerprint density at radius 3 is 2.58 bits per heavy atom. The maximum absolute atomic E-state index is 13.9. The molecule has 1 aromatic carbocycles. The largest absolute Gasteiger partial charge is 0.384 e. The van der Waals surface area contributed by atoms with Crippen molar-refractivity contribution in [2.45, 2.75) is 32.6 Å². The van der Waals surface area contributed by atoms with Gasteiger partial charge in [-0.25, -0.2) is 4.39 Å². The number of halogens is 1. The first-order valence-corrected chi connectivity index (χ1v) is 6.46. The number of ether oxygens (including phenoxy) is 1. The van der Waals surface area contributed by atoms with Crippen LogP contribution in [0.2, 0.25) is 0 Å². The van der Waals surface area contributed by atoms with E-state index in [4.69, 9.17) is 15.9 Å². The van der Waals surface area contributed by atoms with Gasteiger partial charge in [-0.15, -0.1) is 0 Å². The van der Waals surface area contributed by atoms with Gasteiger partial charge in [-0.3, -0.25) is 10.3 Å². The maximum Gasteiger partial charge on any atom is 0.128 e. The minimum Gasteiger partial charge on any atom is -0.384 e. The molecule has 0 bridgehead atoms. The van der Waals surface area contributed by atoms with Crippen LogP contribution in [0.4, 0.5) is 4.39 Å². The molecule has 104 valence electrons. The molecule has 1 fully saturated rings. The van der Waals surface area contributed by atoms with E-state index >= 15 is 0 Å². The van der Waals surface area contributed by atoms with E-state index < -0.39 is 0 Å². The minimum absolute atomic E-state index is 0.112. The van der Waals surface area contributed by atoms with Crippen molar-refractivity contribution >= 4 is 5.84 Å². The highest BCUT2D eigenvalue weighted by Gasteiger charge is 2.22. The second-order valence-corrected chi connectivity index (χ2v) is 5.17. The lowest BCUT2D eigenvalue weighted by atomic mass is 10.1. The minimum atomic E-state index is -0.306. The molecule has 4 nitrogen and oxygen atoms in total. The topological polar surface area (TPSA) is 62.3 Å². The molecule has 0 saturated carbocycles. The Bertz CT molecular complexity index is 468. The quantitative estimate of drug-likeness (QED) is 0.646. The van der Waals surface area contributed by atoms with Crippen molar-refractivity contribution in [3.05, 3.63) is 35.1 Å². The van der Waals surface area contributed by atoms with Crippen LogP contribution in [0.25, 0.3) is 0 Å². The number of morpholine rings is 1. The van der Waals surface area contributed by atoms with Gasteiger partial charge in [-0.05, 0) is 19.9 Å². The zero-order valence-corrected chi connectivity index (χ0v) is 11.3. The van der Waals surface area contributed by atoms with Crippen molar-refractivity contribution < 1.29 is 9.13 Å². The first-order valence-electron chi connectivity index (χ1n) is 6.46. The van der Waals surface area contributed by atoms with Gasteiger partial charge in [-0.1, -0.05) is 12.1 Å². The van der Waals surface area contributed by atoms with Crippen LogP contribution in [0.3, 0.4) is 0 Å². The smallest absolute Gasteiger partial charge is 0.128 e. The molecule has 1 aromatic rings. The van der Waals surface area contributed by atoms with Crippen molar-refractivity contribution in [3.8, 4) is 0 Å². The highest BCUT2D eigenvalue weighted by Crippen LogP contribution is 2.17. The second-order valence-electron chi connectivity index (χ2n) is 5.17. The monoisotopic (exact) mass is 265 g/mol. The lowest BCUT2D eigenvalue weighted by Gasteiger charge is -2.35. The van der Waals surface area contributed by atoms with Gasteiger partial charge in [0.15, 0.2) is 0 Å². The lowest BCUT2D eigenvalue weighted by molar-refractivity contribution is -0.0707. The molecule has 2 unspecified atom stereocenters. The van der Waals surface area contributed by atoms with Crippen LogP contribution in [0.15, 0.2) is 18.2 Å². The number of nitrogens with one attached hydrogen (secondary N) is 1. The molecule has 2 atom stereocenters. The van der Waals surface area contributed by atoms with E-state index in [0.717, 1.165) is 13.1 Å². The first-order chi connectivity index (χ1) is 8.95. The fraction of sp³-hybridized carbons (Fsp3) is 0.500. The Labute approximate surface area is 112 Å². The summed E-state index contributed by atoms with van der Waals surface area (Å²) >= 11 is 0. The van der Waals surface area contributed by atoms with Crippen molar-refractivity contribution in [1.82, 2.24) is 4.90 Å². The summed E-state index contributed by atoms with van der Waals surface area (Å²) in [4.78, 5) is 2.19. The van der Waals surface area contributed by atoms with E-state index in [2.05, 4.69) is 4.90 Å². The number of nitrogens with two attached hydrogens (primary N) is 1. The lowest BCUT2D eigenvalue weighted by Crippen LogP contribution is -2.44. The summed E-state index contributed by atoms with van der Waals surface area (Å²) in [7, 11) is 0. The fourth-order valence-corrected chi connectivity index (χ4v) is 2.50. The van der Waals surface area contributed by atoms with Crippen LogP contribution in [0.1, 0.15) is 25.0 Å². The molecule has 19 heavy (non-hydrogen) atoms. The predicted molar refractivity (Wildman–Crippen MR) is 72.7 cm³/mol. The Morgan fingerprint density at radius 1 is 1.42 bits per heavy atom. The number of amidine groups is 1. The van der Waals surface area contributed by atoms with Crippen molar-refractivity contribution in [2.75, 3.05) is 13.1 Å². The summed E-state index contributed by atoms with van der Waals surface area (Å²) < 4.78 is 19.6. The SMILES string of the molecule is CC1CN(Cc2ccc(C(=N)N)cc2F)CC(C)O1. The van der Waals surface area contributed by atoms with Crippen LogP contribution < -0.4 is 5.73 Å². The van der Waals surface area contributed by atoms with E-state index in [1.54, 1.807) is 12.1 Å². The van der Waals surface area contributed by atoms with Gasteiger partial charge in [0.05, 0.1) is 12.2 Å². The molecule has 1 aliphatic rings. The molecule has 0 aromatic heterocycles. The van der Waals surface area contributed by atoms with Gasteiger partial charge in [0, 0.05) is 30.8 Å². The molecular weight excluding hydrogens is 245 g/mol. The van der Waals surface area contributed by atoms with Crippen molar-refractivity contribution in [3.63, 3.8) is 0 Å². The van der Waals surface area contributed by atoms with E-state index in [9.17, 15) is 4.39 Å². The van der Waals surface area contributed by atoms with E-state index in [1.165, 1.54) is 6.07 Å². The number of nitrogens with zero attached hydrogens (tertiary/aromatic N) is 1. The normalized spacial score (nSPS) is 24.4. The zero-order chi connectivity index (χ0) is 14.0. The van der Waals surface area contributed by atoms with Gasteiger partial charge >= 0.3 is 0 Å². The van der Waals surface area contributed by atoms with Crippen LogP contribution >= 0.6 is 0 Å². The number of hydrogen-bond acceptors (Lipinski definition) is 3. The summed E-state index contributed by atoms with van der Waals surface area (Å²) in [6.07, 6.45) is 0.339. The molecular formula is C14H20FN3O. The summed E-state index contributed by atoms with van der Waals surface area (Å²) in [5, 5.41) is 7.29. The Morgan fingerprint density at radius 2 is 2.05 bits per heavy atom. The highest BCUT2D eigenvalue weighted by atomic mass is 19.1. The van der Waals surface area contributed by atoms with E-state index in [0.29, 0.717) is 17.7 Å². The van der Waals surface area contributed by atoms with Crippen LogP contribution in [0, 0.1) is 11.2 Å². The number of nitrogen functional groups attached to an aromatic ring is 1. The molecule has 1 heterocycles. The van der Waals surface area contributed by atoms with Gasteiger partial charge in [0.25, 0.3) is 0 Å². The van der Waals surface area contributed by atoms with Crippen LogP contribution in [-0.2, 0) is 11.3 Å². The Kier molecular flexibility index (Phi) is 4.17. The first kappa shape index (κ1) is 14.0. The third-order valence-corrected chi connectivity index (χ3v) is 3.25. The summed E-state index contributed by atoms with van der Waals surface area (Å²) in [5.41, 5.74) is 6.40. The summed E-state index contributed by atoms with van der Waals surface area (Å²) in [5.74, 6) is -0.418. The van der Waals surface area contributed by atoms with E-state index in [1.807, 2.05) is 13.8 Å². The van der Waals surface area contributed by atoms with Gasteiger partial charge in [0.1, 0.15) is 11.7 Å². The maximum atomic E-state index is 13.9. The second kappa shape index (κ2) is 5.67. The fourth-order valence-electron chi connectivity index (χ4n) is 2.50. The standard InChI is InChI=1S/C14H20FN3O/c1-9-6-18(7-10(2)19-9)8-12-4-3-11(14(16)17)5-13(12)15/h3-5,9-10H,6-8H2,1-2H3,(H3,16,17). The van der Waals surface area contributed by atoms with Crippen LogP contribution in [0.5, 0.6) is 0 Å². The van der Waals surface area contributed by atoms with Gasteiger partial charge < -0.3 is 10.5 Å². The molecule has 2 rings (SSSR count). The average molecular weight is 265 g/mol. The Hall–Kier alpha value is -1.46. The van der Waals surface area contributed by atoms with Crippen LogP contribution in [-0.4, -0.2) is 36.0 Å². The van der Waals surface area contributed by atoms with Crippen molar-refractivity contribution in [1.29, 1.82) is 5.41 Å². The molecule has 0 aliphatic carbocycles. The molecule has 0 radical (unpaired) electrons. The highest BCUT2D eigenvalue weighted by molar-refractivity contribution is 5.94. The predicted octanol–water partition coefficient (Wildman–Crippen LogP) is 1.72. The number of benzene rings is 1. The molecule has 1 aliphatic heterocycles. The Balaban J connectivity index is 2.08. The van der Waals surface area contributed by atoms with Gasteiger partial charge in [-0.2, -0.15) is 0 Å². The van der Waals surface area contributed by atoms with E-state index in [-0.39, 0.29) is 23.9 Å². The number of hydrogen-bond donors (Lipinski definition) is 2. The van der Waals surface area contributed by atoms with Gasteiger partial charge in [0.2, 0.25) is 0 Å². The molecule has 0 spiro atoms. The van der Waals surface area contributed by atoms with Crippen molar-refractivity contribution in [2.24, 2.45) is 5.73 Å². The molecule has 5 heteroatoms.